The molecule has 1 atom stereocenters. The highest BCUT2D eigenvalue weighted by Gasteiger charge is 2.18. The fraction of sp³-hybridized carbons (Fsp3) is 0.600. The molecule has 0 saturated carbocycles. The molecule has 1 unspecified atom stereocenters. The van der Waals surface area contributed by atoms with Crippen molar-refractivity contribution in [2.45, 2.75) is 70.8 Å². The van der Waals surface area contributed by atoms with E-state index < -0.39 is 18.0 Å². The Hall–Kier alpha value is -1.88. The van der Waals surface area contributed by atoms with Crippen LogP contribution in [-0.4, -0.2) is 34.9 Å². The second-order valence-electron chi connectivity index (χ2n) is 6.37. The van der Waals surface area contributed by atoms with Crippen LogP contribution in [0.5, 0.6) is 0 Å². The van der Waals surface area contributed by atoms with E-state index in [1.165, 1.54) is 50.7 Å². The average molecular weight is 350 g/mol. The molecule has 0 aliphatic rings. The third-order valence-electron chi connectivity index (χ3n) is 4.18. The molecular formula is C20H30O5. The highest BCUT2D eigenvalue weighted by atomic mass is 16.5. The SMILES string of the molecule is CCCCCCCCCCC(O)COC(=O)c1ccccc1C(=O)O. The first-order chi connectivity index (χ1) is 12.1. The number of aliphatic hydroxyl groups is 1. The molecule has 25 heavy (non-hydrogen) atoms. The molecule has 0 fully saturated rings. The Morgan fingerprint density at radius 1 is 0.960 bits per heavy atom. The van der Waals surface area contributed by atoms with Gasteiger partial charge >= 0.3 is 11.9 Å². The fourth-order valence-corrected chi connectivity index (χ4v) is 2.69. The van der Waals surface area contributed by atoms with E-state index in [9.17, 15) is 14.7 Å². The summed E-state index contributed by atoms with van der Waals surface area (Å²) in [6, 6.07) is 5.91. The summed E-state index contributed by atoms with van der Waals surface area (Å²) in [5, 5.41) is 19.0. The van der Waals surface area contributed by atoms with E-state index in [0.717, 1.165) is 12.8 Å². The topological polar surface area (TPSA) is 83.8 Å². The predicted octanol–water partition coefficient (Wildman–Crippen LogP) is 4.43. The molecule has 0 bridgehead atoms. The van der Waals surface area contributed by atoms with Gasteiger partial charge in [0.05, 0.1) is 17.2 Å². The molecule has 0 heterocycles. The molecule has 0 aliphatic carbocycles. The lowest BCUT2D eigenvalue weighted by Gasteiger charge is -2.12. The second-order valence-corrected chi connectivity index (χ2v) is 6.37. The first-order valence-corrected chi connectivity index (χ1v) is 9.23. The van der Waals surface area contributed by atoms with Crippen molar-refractivity contribution in [2.75, 3.05) is 6.61 Å². The first kappa shape index (κ1) is 21.2. The van der Waals surface area contributed by atoms with Crippen LogP contribution >= 0.6 is 0 Å². The second kappa shape index (κ2) is 12.5. The van der Waals surface area contributed by atoms with Gasteiger partial charge in [-0.15, -0.1) is 0 Å². The van der Waals surface area contributed by atoms with Gasteiger partial charge in [-0.05, 0) is 18.6 Å². The third-order valence-corrected chi connectivity index (χ3v) is 4.18. The summed E-state index contributed by atoms with van der Waals surface area (Å²) in [7, 11) is 0. The Morgan fingerprint density at radius 2 is 1.52 bits per heavy atom. The minimum atomic E-state index is -1.17. The molecule has 0 aromatic heterocycles. The third kappa shape index (κ3) is 8.68. The Bertz CT molecular complexity index is 527. The molecule has 0 aliphatic heterocycles. The number of hydrogen-bond acceptors (Lipinski definition) is 4. The zero-order valence-corrected chi connectivity index (χ0v) is 15.1. The van der Waals surface area contributed by atoms with Crippen molar-refractivity contribution in [3.63, 3.8) is 0 Å². The number of benzene rings is 1. The molecule has 2 N–H and O–H groups in total. The molecule has 140 valence electrons. The van der Waals surface area contributed by atoms with Crippen molar-refractivity contribution in [1.29, 1.82) is 0 Å². The lowest BCUT2D eigenvalue weighted by Crippen LogP contribution is -2.20. The van der Waals surface area contributed by atoms with Gasteiger partial charge in [0.2, 0.25) is 0 Å². The maximum atomic E-state index is 12.0. The summed E-state index contributed by atoms with van der Waals surface area (Å²) in [6.45, 7) is 2.09. The fourth-order valence-electron chi connectivity index (χ4n) is 2.69. The minimum absolute atomic E-state index is 0.00859. The minimum Gasteiger partial charge on any atom is -0.478 e. The van der Waals surface area contributed by atoms with Crippen molar-refractivity contribution in [2.24, 2.45) is 0 Å². The smallest absolute Gasteiger partial charge is 0.339 e. The van der Waals surface area contributed by atoms with Gasteiger partial charge in [0, 0.05) is 0 Å². The van der Waals surface area contributed by atoms with Gasteiger partial charge < -0.3 is 14.9 Å². The van der Waals surface area contributed by atoms with E-state index in [2.05, 4.69) is 6.92 Å². The van der Waals surface area contributed by atoms with Crippen LogP contribution in [-0.2, 0) is 4.74 Å². The summed E-state index contributed by atoms with van der Waals surface area (Å²) >= 11 is 0. The van der Waals surface area contributed by atoms with E-state index in [-0.39, 0.29) is 17.7 Å². The Morgan fingerprint density at radius 3 is 2.12 bits per heavy atom. The summed E-state index contributed by atoms with van der Waals surface area (Å²) < 4.78 is 5.05. The van der Waals surface area contributed by atoms with Crippen LogP contribution in [0.25, 0.3) is 0 Å². The van der Waals surface area contributed by atoms with Gasteiger partial charge in [0.1, 0.15) is 6.61 Å². The maximum absolute atomic E-state index is 12.0. The zero-order chi connectivity index (χ0) is 18.5. The number of carbonyl (C=O) groups excluding carboxylic acids is 1. The number of unbranched alkanes of at least 4 members (excludes halogenated alkanes) is 7. The predicted molar refractivity (Wildman–Crippen MR) is 96.9 cm³/mol. The molecule has 5 heteroatoms. The van der Waals surface area contributed by atoms with E-state index in [1.807, 2.05) is 0 Å². The molecule has 5 nitrogen and oxygen atoms in total. The number of carboxylic acid groups (broad SMARTS) is 1. The molecule has 0 amide bonds. The summed E-state index contributed by atoms with van der Waals surface area (Å²) in [4.78, 5) is 23.1. The van der Waals surface area contributed by atoms with Crippen LogP contribution in [0.15, 0.2) is 24.3 Å². The van der Waals surface area contributed by atoms with Gasteiger partial charge in [-0.1, -0.05) is 70.4 Å². The Balaban J connectivity index is 2.20. The molecular weight excluding hydrogens is 320 g/mol. The summed E-state index contributed by atoms with van der Waals surface area (Å²) in [5.41, 5.74) is -0.0839. The van der Waals surface area contributed by atoms with Crippen molar-refractivity contribution in [1.82, 2.24) is 0 Å². The van der Waals surface area contributed by atoms with Gasteiger partial charge in [-0.3, -0.25) is 0 Å². The van der Waals surface area contributed by atoms with Gasteiger partial charge in [0.15, 0.2) is 0 Å². The van der Waals surface area contributed by atoms with E-state index >= 15 is 0 Å². The van der Waals surface area contributed by atoms with Crippen molar-refractivity contribution >= 4 is 11.9 Å². The Kier molecular flexibility index (Phi) is 10.6. The van der Waals surface area contributed by atoms with Gasteiger partial charge in [-0.25, -0.2) is 9.59 Å². The first-order valence-electron chi connectivity index (χ1n) is 9.23. The molecule has 0 radical (unpaired) electrons. The van der Waals surface area contributed by atoms with Crippen LogP contribution in [0.3, 0.4) is 0 Å². The van der Waals surface area contributed by atoms with E-state index in [0.29, 0.717) is 6.42 Å². The largest absolute Gasteiger partial charge is 0.478 e. The number of esters is 1. The summed E-state index contributed by atoms with van der Waals surface area (Å²) in [5.74, 6) is -1.89. The van der Waals surface area contributed by atoms with Crippen molar-refractivity contribution < 1.29 is 24.5 Å². The molecule has 1 aromatic rings. The van der Waals surface area contributed by atoms with Gasteiger partial charge in [0.25, 0.3) is 0 Å². The number of aliphatic hydroxyl groups excluding tert-OH is 1. The lowest BCUT2D eigenvalue weighted by atomic mass is 10.1. The molecule has 0 saturated heterocycles. The normalized spacial score (nSPS) is 11.9. The van der Waals surface area contributed by atoms with Crippen LogP contribution in [0.2, 0.25) is 0 Å². The van der Waals surface area contributed by atoms with Gasteiger partial charge in [-0.2, -0.15) is 0 Å². The quantitative estimate of drug-likeness (QED) is 0.406. The number of hydrogen-bond donors (Lipinski definition) is 2. The maximum Gasteiger partial charge on any atom is 0.339 e. The molecule has 1 aromatic carbocycles. The average Bonchev–Trinajstić information content (AvgIpc) is 2.61. The Labute approximate surface area is 150 Å². The van der Waals surface area contributed by atoms with Crippen LogP contribution in [0.1, 0.15) is 85.4 Å². The van der Waals surface area contributed by atoms with Crippen molar-refractivity contribution in [3.05, 3.63) is 35.4 Å². The van der Waals surface area contributed by atoms with E-state index in [4.69, 9.17) is 9.84 Å². The van der Waals surface area contributed by atoms with Crippen LogP contribution in [0, 0.1) is 0 Å². The standard InChI is InChI=1S/C20H30O5/c1-2-3-4-5-6-7-8-9-12-16(21)15-25-20(24)18-14-11-10-13-17(18)19(22)23/h10-11,13-14,16,21H,2-9,12,15H2,1H3,(H,22,23). The highest BCUT2D eigenvalue weighted by molar-refractivity contribution is 6.02. The van der Waals surface area contributed by atoms with Crippen molar-refractivity contribution in [3.8, 4) is 0 Å². The lowest BCUT2D eigenvalue weighted by molar-refractivity contribution is 0.0229. The number of rotatable bonds is 13. The summed E-state index contributed by atoms with van der Waals surface area (Å²) in [6.07, 6.45) is 9.38. The zero-order valence-electron chi connectivity index (χ0n) is 15.1. The van der Waals surface area contributed by atoms with Crippen LogP contribution < -0.4 is 0 Å². The molecule has 0 spiro atoms. The number of aromatic carboxylic acids is 1. The number of ether oxygens (including phenoxy) is 1. The van der Waals surface area contributed by atoms with E-state index in [1.54, 1.807) is 12.1 Å². The van der Waals surface area contributed by atoms with Crippen LogP contribution in [0.4, 0.5) is 0 Å². The number of carbonyl (C=O) groups is 2. The highest BCUT2D eigenvalue weighted by Crippen LogP contribution is 2.13. The number of carboxylic acids is 1. The monoisotopic (exact) mass is 350 g/mol. The molecule has 1 rings (SSSR count).